The predicted octanol–water partition coefficient (Wildman–Crippen LogP) is 2.70. The van der Waals surface area contributed by atoms with E-state index in [9.17, 15) is 4.79 Å². The average molecular weight is 243 g/mol. The van der Waals surface area contributed by atoms with Crippen LogP contribution in [0.1, 0.15) is 27.2 Å². The molecule has 0 aliphatic rings. The Morgan fingerprint density at radius 2 is 1.94 bits per heavy atom. The maximum absolute atomic E-state index is 11.2. The zero-order valence-corrected chi connectivity index (χ0v) is 12.1. The largest absolute Gasteiger partial charge is 0.420 e. The lowest BCUT2D eigenvalue weighted by atomic mass is 10.3. The van der Waals surface area contributed by atoms with E-state index in [1.54, 1.807) is 6.92 Å². The third-order valence-corrected chi connectivity index (χ3v) is 7.91. The van der Waals surface area contributed by atoms with Crippen molar-refractivity contribution in [1.82, 2.24) is 5.32 Å². The molecule has 0 bridgehead atoms. The lowest BCUT2D eigenvalue weighted by Gasteiger charge is -2.27. The molecule has 0 atom stereocenters. The molecule has 0 unspecified atom stereocenters. The molecule has 0 aromatic rings. The minimum atomic E-state index is -1.49. The normalized spacial score (nSPS) is 11.2. The number of carbonyl (C=O) groups excluding carboxylic acids is 1. The second-order valence-electron chi connectivity index (χ2n) is 4.23. The average Bonchev–Trinajstić information content (AvgIpc) is 2.30. The Balaban J connectivity index is 3.88. The molecule has 0 saturated carbocycles. The fraction of sp³-hybridized carbons (Fsp3) is 0.750. The van der Waals surface area contributed by atoms with Crippen molar-refractivity contribution in [3.8, 4) is 0 Å². The van der Waals surface area contributed by atoms with Crippen molar-refractivity contribution in [3.05, 3.63) is 12.2 Å². The van der Waals surface area contributed by atoms with Crippen LogP contribution in [0.15, 0.2) is 12.2 Å². The van der Waals surface area contributed by atoms with Crippen LogP contribution in [0.3, 0.4) is 0 Å². The maximum Gasteiger partial charge on any atom is 0.246 e. The number of rotatable bonds is 8. The Bertz CT molecular complexity index is 229. The van der Waals surface area contributed by atoms with Crippen LogP contribution < -0.4 is 5.32 Å². The van der Waals surface area contributed by atoms with Gasteiger partial charge in [0.05, 0.1) is 0 Å². The second kappa shape index (κ2) is 7.63. The molecule has 1 amide bonds. The van der Waals surface area contributed by atoms with Gasteiger partial charge in [0.15, 0.2) is 8.32 Å². The molecule has 94 valence electrons. The minimum Gasteiger partial charge on any atom is -0.420 e. The first-order valence-electron chi connectivity index (χ1n) is 6.00. The number of hydrogen-bond donors (Lipinski definition) is 1. The van der Waals surface area contributed by atoms with E-state index < -0.39 is 8.32 Å². The molecule has 0 aromatic heterocycles. The molecule has 0 saturated heterocycles. The first-order chi connectivity index (χ1) is 7.51. The van der Waals surface area contributed by atoms with E-state index in [0.29, 0.717) is 5.57 Å². The van der Waals surface area contributed by atoms with Crippen LogP contribution in [-0.2, 0) is 9.22 Å². The van der Waals surface area contributed by atoms with Gasteiger partial charge in [-0.25, -0.2) is 0 Å². The summed E-state index contributed by atoms with van der Waals surface area (Å²) in [5, 5.41) is 2.86. The highest BCUT2D eigenvalue weighted by atomic mass is 28.4. The summed E-state index contributed by atoms with van der Waals surface area (Å²) in [6.45, 7) is 10.5. The van der Waals surface area contributed by atoms with Gasteiger partial charge in [0, 0.05) is 19.2 Å². The Kier molecular flexibility index (Phi) is 7.33. The summed E-state index contributed by atoms with van der Waals surface area (Å²) < 4.78 is 5.70. The molecular formula is C12H25NO2Si. The zero-order valence-electron chi connectivity index (χ0n) is 11.1. The van der Waals surface area contributed by atoms with E-state index in [-0.39, 0.29) is 5.91 Å². The van der Waals surface area contributed by atoms with E-state index in [4.69, 9.17) is 4.43 Å². The van der Waals surface area contributed by atoms with E-state index >= 15 is 0 Å². The fourth-order valence-corrected chi connectivity index (χ4v) is 4.57. The van der Waals surface area contributed by atoms with Crippen molar-refractivity contribution in [3.63, 3.8) is 0 Å². The van der Waals surface area contributed by atoms with Gasteiger partial charge in [0.25, 0.3) is 0 Å². The molecule has 0 fully saturated rings. The summed E-state index contributed by atoms with van der Waals surface area (Å²) in [5.41, 5.74) is 0.571. The van der Waals surface area contributed by atoms with Crippen molar-refractivity contribution in [2.75, 3.05) is 13.7 Å². The van der Waals surface area contributed by atoms with Crippen LogP contribution in [0.25, 0.3) is 0 Å². The highest BCUT2D eigenvalue weighted by molar-refractivity contribution is 6.73. The van der Waals surface area contributed by atoms with Gasteiger partial charge >= 0.3 is 0 Å². The molecule has 0 rings (SSSR count). The summed E-state index contributed by atoms with van der Waals surface area (Å²) in [4.78, 5) is 11.2. The summed E-state index contributed by atoms with van der Waals surface area (Å²) in [7, 11) is 0.335. The monoisotopic (exact) mass is 243 g/mol. The molecule has 0 spiro atoms. The van der Waals surface area contributed by atoms with Gasteiger partial charge in [-0.1, -0.05) is 20.4 Å². The Morgan fingerprint density at radius 1 is 1.38 bits per heavy atom. The summed E-state index contributed by atoms with van der Waals surface area (Å²) in [5.74, 6) is -0.0438. The molecule has 0 aliphatic heterocycles. The van der Waals surface area contributed by atoms with Crippen molar-refractivity contribution in [1.29, 1.82) is 0 Å². The van der Waals surface area contributed by atoms with Crippen LogP contribution in [0.2, 0.25) is 18.1 Å². The minimum absolute atomic E-state index is 0.0438. The molecule has 0 radical (unpaired) electrons. The zero-order chi connectivity index (χ0) is 12.6. The Hall–Kier alpha value is -0.613. The molecule has 0 aliphatic carbocycles. The Labute approximate surface area is 100 Å². The molecule has 4 heteroatoms. The third kappa shape index (κ3) is 4.94. The van der Waals surface area contributed by atoms with Crippen molar-refractivity contribution in [2.24, 2.45) is 0 Å². The van der Waals surface area contributed by atoms with E-state index in [2.05, 4.69) is 25.7 Å². The highest BCUT2D eigenvalue weighted by Gasteiger charge is 2.28. The van der Waals surface area contributed by atoms with E-state index in [1.807, 2.05) is 7.11 Å². The van der Waals surface area contributed by atoms with E-state index in [0.717, 1.165) is 31.1 Å². The second-order valence-corrected chi connectivity index (χ2v) is 8.92. The molecular weight excluding hydrogens is 218 g/mol. The van der Waals surface area contributed by atoms with Gasteiger partial charge in [0.2, 0.25) is 5.91 Å². The van der Waals surface area contributed by atoms with Crippen molar-refractivity contribution >= 4 is 14.2 Å². The summed E-state index contributed by atoms with van der Waals surface area (Å²) in [6, 6.07) is 3.41. The molecule has 0 heterocycles. The first-order valence-corrected chi connectivity index (χ1v) is 8.53. The fourth-order valence-electron chi connectivity index (χ4n) is 1.76. The predicted molar refractivity (Wildman–Crippen MR) is 71.0 cm³/mol. The molecule has 3 nitrogen and oxygen atoms in total. The van der Waals surface area contributed by atoms with Crippen LogP contribution >= 0.6 is 0 Å². The van der Waals surface area contributed by atoms with Crippen LogP contribution in [0, 0.1) is 0 Å². The number of amides is 1. The van der Waals surface area contributed by atoms with Crippen molar-refractivity contribution in [2.45, 2.75) is 45.3 Å². The van der Waals surface area contributed by atoms with Crippen molar-refractivity contribution < 1.29 is 9.22 Å². The van der Waals surface area contributed by atoms with Gasteiger partial charge in [0.1, 0.15) is 0 Å². The van der Waals surface area contributed by atoms with Crippen LogP contribution in [-0.4, -0.2) is 27.9 Å². The third-order valence-electron chi connectivity index (χ3n) is 3.20. The number of carbonyl (C=O) groups is 1. The SMILES string of the molecule is C=C(C)C(=O)NCCC[Si](CC)(CC)OC. The van der Waals surface area contributed by atoms with Gasteiger partial charge in [-0.05, 0) is 31.5 Å². The molecule has 16 heavy (non-hydrogen) atoms. The first kappa shape index (κ1) is 15.4. The smallest absolute Gasteiger partial charge is 0.246 e. The summed E-state index contributed by atoms with van der Waals surface area (Å²) in [6.07, 6.45) is 1.00. The van der Waals surface area contributed by atoms with Crippen LogP contribution in [0.4, 0.5) is 0 Å². The van der Waals surface area contributed by atoms with Gasteiger partial charge < -0.3 is 9.74 Å². The quantitative estimate of drug-likeness (QED) is 0.404. The van der Waals surface area contributed by atoms with E-state index in [1.165, 1.54) is 0 Å². The number of nitrogens with one attached hydrogen (secondary N) is 1. The lowest BCUT2D eigenvalue weighted by Crippen LogP contribution is -2.36. The standard InChI is InChI=1S/C12H25NO2Si/c1-6-16(7-2,15-5)10-8-9-13-12(14)11(3)4/h3,6-10H2,1-2,4-5H3,(H,13,14). The maximum atomic E-state index is 11.2. The van der Waals surface area contributed by atoms with Gasteiger partial charge in [-0.2, -0.15) is 0 Å². The van der Waals surface area contributed by atoms with Gasteiger partial charge in [-0.15, -0.1) is 0 Å². The highest BCUT2D eigenvalue weighted by Crippen LogP contribution is 2.22. The Morgan fingerprint density at radius 3 is 2.31 bits per heavy atom. The number of hydrogen-bond acceptors (Lipinski definition) is 2. The van der Waals surface area contributed by atoms with Gasteiger partial charge in [-0.3, -0.25) is 4.79 Å². The summed E-state index contributed by atoms with van der Waals surface area (Å²) >= 11 is 0. The topological polar surface area (TPSA) is 38.3 Å². The van der Waals surface area contributed by atoms with Crippen LogP contribution in [0.5, 0.6) is 0 Å². The molecule has 0 aromatic carbocycles. The lowest BCUT2D eigenvalue weighted by molar-refractivity contribution is -0.117. The molecule has 1 N–H and O–H groups in total.